The Bertz CT molecular complexity index is 951. The van der Waals surface area contributed by atoms with Gasteiger partial charge in [0.15, 0.2) is 0 Å². The van der Waals surface area contributed by atoms with Crippen molar-refractivity contribution in [1.82, 2.24) is 5.32 Å². The summed E-state index contributed by atoms with van der Waals surface area (Å²) in [7, 11) is 0. The lowest BCUT2D eigenvalue weighted by molar-refractivity contribution is -0.143. The number of rotatable bonds is 50. The zero-order valence-electron chi connectivity index (χ0n) is 40.9. The van der Waals surface area contributed by atoms with Gasteiger partial charge in [-0.25, -0.2) is 0 Å². The molecule has 3 N–H and O–H groups in total. The summed E-state index contributed by atoms with van der Waals surface area (Å²) >= 11 is 0. The van der Waals surface area contributed by atoms with Crippen LogP contribution < -0.4 is 5.32 Å². The van der Waals surface area contributed by atoms with Gasteiger partial charge in [-0.05, 0) is 70.6 Å². The molecule has 0 fully saturated rings. The van der Waals surface area contributed by atoms with Gasteiger partial charge in [0.05, 0.1) is 25.4 Å². The summed E-state index contributed by atoms with van der Waals surface area (Å²) in [6.07, 6.45) is 60.3. The number of carbonyl (C=O) groups excluding carboxylic acids is 2. The van der Waals surface area contributed by atoms with Crippen LogP contribution in [-0.2, 0) is 14.3 Å². The summed E-state index contributed by atoms with van der Waals surface area (Å²) in [5.74, 6) is -0.0410. The fourth-order valence-electron chi connectivity index (χ4n) is 8.26. The molecule has 0 aliphatic carbocycles. The molecule has 0 aromatic carbocycles. The summed E-state index contributed by atoms with van der Waals surface area (Å²) in [4.78, 5) is 24.4. The number of nitrogens with one attached hydrogen (secondary N) is 1. The molecular formula is C55H105NO5. The van der Waals surface area contributed by atoms with Crippen molar-refractivity contribution in [1.29, 1.82) is 0 Å². The van der Waals surface area contributed by atoms with E-state index in [9.17, 15) is 19.8 Å². The first kappa shape index (κ1) is 59.3. The Morgan fingerprint density at radius 2 is 0.787 bits per heavy atom. The van der Waals surface area contributed by atoms with Crippen LogP contribution in [0.15, 0.2) is 24.3 Å². The summed E-state index contributed by atoms with van der Waals surface area (Å²) in [6, 6.07) is -0.542. The maximum absolute atomic E-state index is 12.4. The molecule has 0 spiro atoms. The smallest absolute Gasteiger partial charge is 0.305 e. The molecule has 0 radical (unpaired) electrons. The molecule has 61 heavy (non-hydrogen) atoms. The third-order valence-electron chi connectivity index (χ3n) is 12.5. The predicted octanol–water partition coefficient (Wildman–Crippen LogP) is 16.3. The number of allylic oxidation sites excluding steroid dienone is 4. The Morgan fingerprint density at radius 3 is 1.21 bits per heavy atom. The van der Waals surface area contributed by atoms with Crippen LogP contribution in [0.2, 0.25) is 0 Å². The average Bonchev–Trinajstić information content (AvgIpc) is 3.26. The molecule has 0 heterocycles. The number of hydrogen-bond donors (Lipinski definition) is 3. The molecule has 0 rings (SSSR count). The maximum Gasteiger partial charge on any atom is 0.305 e. The Morgan fingerprint density at radius 1 is 0.443 bits per heavy atom. The fourth-order valence-corrected chi connectivity index (χ4v) is 8.26. The van der Waals surface area contributed by atoms with E-state index < -0.39 is 12.1 Å². The van der Waals surface area contributed by atoms with Gasteiger partial charge in [-0.3, -0.25) is 9.59 Å². The standard InChI is InChI=1S/C55H105NO5/c1-3-5-7-9-11-13-28-33-37-41-45-49-55(60)61-50-46-42-38-34-30-27-25-23-21-19-17-15-14-16-18-20-22-24-26-29-32-36-40-44-48-54(59)56-52(51-57)53(58)47-43-39-35-31-12-10-8-6-4-2/h9,11,16,18,52-53,57-58H,3-8,10,12-15,17,19-51H2,1-2H3,(H,56,59)/b11-9-,18-16-. The lowest BCUT2D eigenvalue weighted by atomic mass is 10.0. The minimum atomic E-state index is -0.664. The number of unbranched alkanes of at least 4 members (excludes halogenated alkanes) is 35. The number of esters is 1. The van der Waals surface area contributed by atoms with E-state index in [1.54, 1.807) is 0 Å². The predicted molar refractivity (Wildman–Crippen MR) is 264 cm³/mol. The molecule has 0 saturated heterocycles. The van der Waals surface area contributed by atoms with Crippen LogP contribution in [0.1, 0.15) is 290 Å². The monoisotopic (exact) mass is 860 g/mol. The van der Waals surface area contributed by atoms with E-state index in [4.69, 9.17) is 4.74 Å². The van der Waals surface area contributed by atoms with Crippen molar-refractivity contribution < 1.29 is 24.5 Å². The zero-order valence-corrected chi connectivity index (χ0v) is 40.9. The number of aliphatic hydroxyl groups is 2. The third kappa shape index (κ3) is 47.7. The van der Waals surface area contributed by atoms with Gasteiger partial charge >= 0.3 is 5.97 Å². The van der Waals surface area contributed by atoms with Crippen LogP contribution in [-0.4, -0.2) is 47.4 Å². The first-order valence-electron chi connectivity index (χ1n) is 27.1. The quantitative estimate of drug-likeness (QED) is 0.0322. The number of hydrogen-bond acceptors (Lipinski definition) is 5. The Hall–Kier alpha value is -1.66. The van der Waals surface area contributed by atoms with Gasteiger partial charge in [-0.15, -0.1) is 0 Å². The van der Waals surface area contributed by atoms with Crippen molar-refractivity contribution in [2.24, 2.45) is 0 Å². The van der Waals surface area contributed by atoms with E-state index in [1.165, 1.54) is 212 Å². The first-order valence-corrected chi connectivity index (χ1v) is 27.1. The summed E-state index contributed by atoms with van der Waals surface area (Å²) in [6.45, 7) is 4.89. The second-order valence-corrected chi connectivity index (χ2v) is 18.6. The fraction of sp³-hybridized carbons (Fsp3) is 0.891. The lowest BCUT2D eigenvalue weighted by Gasteiger charge is -2.22. The van der Waals surface area contributed by atoms with Crippen LogP contribution in [0.3, 0.4) is 0 Å². The average molecular weight is 860 g/mol. The van der Waals surface area contributed by atoms with E-state index >= 15 is 0 Å². The van der Waals surface area contributed by atoms with Crippen LogP contribution in [0, 0.1) is 0 Å². The van der Waals surface area contributed by atoms with Gasteiger partial charge in [0, 0.05) is 12.8 Å². The Balaban J connectivity index is 3.38. The topological polar surface area (TPSA) is 95.9 Å². The van der Waals surface area contributed by atoms with Crippen molar-refractivity contribution in [3.05, 3.63) is 24.3 Å². The van der Waals surface area contributed by atoms with Gasteiger partial charge < -0.3 is 20.3 Å². The van der Waals surface area contributed by atoms with E-state index in [2.05, 4.69) is 43.5 Å². The summed E-state index contributed by atoms with van der Waals surface area (Å²) in [5, 5.41) is 23.1. The SMILES string of the molecule is CCCC/C=C\CCCCCCCC(=O)OCCCCCCCCCCCCCC/C=C\CCCCCCCCCCC(=O)NC(CO)C(O)CCCCCCCCCCC. The molecule has 6 nitrogen and oxygen atoms in total. The molecule has 0 aromatic rings. The molecule has 2 atom stereocenters. The normalized spacial score (nSPS) is 12.8. The van der Waals surface area contributed by atoms with E-state index in [1.807, 2.05) is 0 Å². The molecule has 360 valence electrons. The second-order valence-electron chi connectivity index (χ2n) is 18.6. The summed E-state index contributed by atoms with van der Waals surface area (Å²) in [5.41, 5.74) is 0. The molecule has 2 unspecified atom stereocenters. The molecule has 6 heteroatoms. The molecule has 0 aliphatic heterocycles. The highest BCUT2D eigenvalue weighted by molar-refractivity contribution is 5.76. The number of amides is 1. The first-order chi connectivity index (χ1) is 30.0. The molecule has 1 amide bonds. The largest absolute Gasteiger partial charge is 0.466 e. The van der Waals surface area contributed by atoms with E-state index in [0.717, 1.165) is 44.9 Å². The van der Waals surface area contributed by atoms with Crippen molar-refractivity contribution >= 4 is 11.9 Å². The van der Waals surface area contributed by atoms with Crippen LogP contribution in [0.4, 0.5) is 0 Å². The lowest BCUT2D eigenvalue weighted by Crippen LogP contribution is -2.45. The van der Waals surface area contributed by atoms with Crippen LogP contribution >= 0.6 is 0 Å². The highest BCUT2D eigenvalue weighted by Gasteiger charge is 2.20. The number of aliphatic hydroxyl groups excluding tert-OH is 2. The van der Waals surface area contributed by atoms with Crippen molar-refractivity contribution in [3.63, 3.8) is 0 Å². The molecule has 0 aromatic heterocycles. The van der Waals surface area contributed by atoms with Crippen molar-refractivity contribution in [2.75, 3.05) is 13.2 Å². The van der Waals surface area contributed by atoms with Gasteiger partial charge in [0.1, 0.15) is 0 Å². The van der Waals surface area contributed by atoms with E-state index in [-0.39, 0.29) is 18.5 Å². The summed E-state index contributed by atoms with van der Waals surface area (Å²) < 4.78 is 5.45. The molecular weight excluding hydrogens is 755 g/mol. The zero-order chi connectivity index (χ0) is 44.4. The maximum atomic E-state index is 12.4. The highest BCUT2D eigenvalue weighted by Crippen LogP contribution is 2.16. The Labute approximate surface area is 380 Å². The van der Waals surface area contributed by atoms with Crippen molar-refractivity contribution in [2.45, 2.75) is 302 Å². The number of carbonyl (C=O) groups is 2. The van der Waals surface area contributed by atoms with Gasteiger partial charge in [-0.2, -0.15) is 0 Å². The van der Waals surface area contributed by atoms with Crippen LogP contribution in [0.25, 0.3) is 0 Å². The van der Waals surface area contributed by atoms with Crippen molar-refractivity contribution in [3.8, 4) is 0 Å². The van der Waals surface area contributed by atoms with Gasteiger partial charge in [0.2, 0.25) is 5.91 Å². The molecule has 0 saturated carbocycles. The second kappa shape index (κ2) is 51.0. The minimum Gasteiger partial charge on any atom is -0.466 e. The Kier molecular flexibility index (Phi) is 49.6. The van der Waals surface area contributed by atoms with Gasteiger partial charge in [0.25, 0.3) is 0 Å². The minimum absolute atomic E-state index is 0.00103. The van der Waals surface area contributed by atoms with Crippen LogP contribution in [0.5, 0.6) is 0 Å². The molecule has 0 aliphatic rings. The number of ether oxygens (including phenoxy) is 1. The molecule has 0 bridgehead atoms. The van der Waals surface area contributed by atoms with E-state index in [0.29, 0.717) is 25.9 Å². The highest BCUT2D eigenvalue weighted by atomic mass is 16.5. The third-order valence-corrected chi connectivity index (χ3v) is 12.5. The van der Waals surface area contributed by atoms with Gasteiger partial charge in [-0.1, -0.05) is 231 Å².